The third kappa shape index (κ3) is 3.63. The summed E-state index contributed by atoms with van der Waals surface area (Å²) in [4.78, 5) is 13.3. The van der Waals surface area contributed by atoms with Gasteiger partial charge >= 0.3 is 0 Å². The highest BCUT2D eigenvalue weighted by Crippen LogP contribution is 2.44. The third-order valence-corrected chi connectivity index (χ3v) is 8.06. The van der Waals surface area contributed by atoms with Crippen LogP contribution in [-0.2, 0) is 6.42 Å². The Kier molecular flexibility index (Phi) is 5.06. The summed E-state index contributed by atoms with van der Waals surface area (Å²) in [7, 11) is 0. The minimum atomic E-state index is 0.345. The minimum Gasteiger partial charge on any atom is -0.383 e. The second-order valence-corrected chi connectivity index (χ2v) is 10.2. The summed E-state index contributed by atoms with van der Waals surface area (Å²) < 4.78 is 3.11. The molecule has 4 N–H and O–H groups in total. The molecule has 0 bridgehead atoms. The molecule has 2 atom stereocenters. The second-order valence-electron chi connectivity index (χ2n) is 7.84. The Balaban J connectivity index is 1.28. The van der Waals surface area contributed by atoms with Crippen molar-refractivity contribution in [1.29, 1.82) is 0 Å². The number of aryl methyl sites for hydroxylation is 2. The molecule has 1 aromatic carbocycles. The van der Waals surface area contributed by atoms with Crippen molar-refractivity contribution in [2.24, 2.45) is 0 Å². The van der Waals surface area contributed by atoms with Gasteiger partial charge in [-0.2, -0.15) is 4.98 Å². The second kappa shape index (κ2) is 7.74. The summed E-state index contributed by atoms with van der Waals surface area (Å²) in [6, 6.07) is 10.6. The van der Waals surface area contributed by atoms with E-state index in [9.17, 15) is 0 Å². The monoisotopic (exact) mass is 482 g/mol. The van der Waals surface area contributed by atoms with Gasteiger partial charge in [0, 0.05) is 22.2 Å². The van der Waals surface area contributed by atoms with Crippen molar-refractivity contribution in [3.63, 3.8) is 0 Å². The summed E-state index contributed by atoms with van der Waals surface area (Å²) in [5, 5.41) is 3.22. The van der Waals surface area contributed by atoms with Crippen molar-refractivity contribution in [3.8, 4) is 0 Å². The number of benzene rings is 1. The molecular formula is C22H23BrN6S. The first-order chi connectivity index (χ1) is 14.5. The van der Waals surface area contributed by atoms with Gasteiger partial charge in [-0.05, 0) is 72.3 Å². The maximum absolute atomic E-state index is 5.95. The number of hydrogen-bond donors (Lipinski definition) is 2. The molecule has 1 aliphatic heterocycles. The van der Waals surface area contributed by atoms with Crippen LogP contribution in [0.2, 0.25) is 0 Å². The van der Waals surface area contributed by atoms with E-state index < -0.39 is 0 Å². The highest BCUT2D eigenvalue weighted by molar-refractivity contribution is 9.10. The largest absolute Gasteiger partial charge is 0.383 e. The number of nitrogens with two attached hydrogens (primary N) is 2. The van der Waals surface area contributed by atoms with Crippen LogP contribution in [0.5, 0.6) is 0 Å². The van der Waals surface area contributed by atoms with Gasteiger partial charge < -0.3 is 16.0 Å². The molecule has 0 amide bonds. The SMILES string of the molecule is Cc1nc(N)nc2c1ccn2[C@H]1CC[C@@H](CCc2ccc3cc(Br)c(N)nc3c2)S1. The molecule has 1 saturated heterocycles. The third-order valence-electron chi connectivity index (χ3n) is 5.79. The predicted octanol–water partition coefficient (Wildman–Crippen LogP) is 5.24. The zero-order valence-electron chi connectivity index (χ0n) is 16.7. The molecule has 0 spiro atoms. The molecule has 0 radical (unpaired) electrons. The maximum atomic E-state index is 5.95. The highest BCUT2D eigenvalue weighted by Gasteiger charge is 2.27. The molecule has 154 valence electrons. The topological polar surface area (TPSA) is 95.6 Å². The van der Waals surface area contributed by atoms with E-state index in [1.807, 2.05) is 24.8 Å². The molecule has 30 heavy (non-hydrogen) atoms. The van der Waals surface area contributed by atoms with Crippen molar-refractivity contribution < 1.29 is 0 Å². The number of halogens is 1. The van der Waals surface area contributed by atoms with Crippen molar-refractivity contribution in [1.82, 2.24) is 19.5 Å². The number of nitrogen functional groups attached to an aromatic ring is 2. The first-order valence-electron chi connectivity index (χ1n) is 10.1. The van der Waals surface area contributed by atoms with Gasteiger partial charge in [0.2, 0.25) is 5.95 Å². The van der Waals surface area contributed by atoms with Gasteiger partial charge in [-0.25, -0.2) is 9.97 Å². The van der Waals surface area contributed by atoms with Crippen LogP contribution in [0.15, 0.2) is 41.0 Å². The van der Waals surface area contributed by atoms with Gasteiger partial charge in [0.15, 0.2) is 0 Å². The number of fused-ring (bicyclic) bond motifs is 2. The molecule has 0 unspecified atom stereocenters. The minimum absolute atomic E-state index is 0.345. The predicted molar refractivity (Wildman–Crippen MR) is 129 cm³/mol. The van der Waals surface area contributed by atoms with E-state index in [0.717, 1.165) is 51.4 Å². The van der Waals surface area contributed by atoms with Crippen molar-refractivity contribution in [3.05, 3.63) is 52.3 Å². The van der Waals surface area contributed by atoms with Crippen LogP contribution in [-0.4, -0.2) is 24.8 Å². The number of hydrogen-bond acceptors (Lipinski definition) is 6. The molecule has 4 aromatic rings. The van der Waals surface area contributed by atoms with Crippen LogP contribution < -0.4 is 11.5 Å². The summed E-state index contributed by atoms with van der Waals surface area (Å²) in [6.07, 6.45) is 6.67. The molecule has 1 fully saturated rings. The van der Waals surface area contributed by atoms with E-state index in [0.29, 0.717) is 22.4 Å². The molecule has 6 nitrogen and oxygen atoms in total. The Morgan fingerprint density at radius 3 is 2.87 bits per heavy atom. The summed E-state index contributed by atoms with van der Waals surface area (Å²) in [5.74, 6) is 0.879. The van der Waals surface area contributed by atoms with E-state index in [1.54, 1.807) is 0 Å². The van der Waals surface area contributed by atoms with Crippen molar-refractivity contribution in [2.75, 3.05) is 11.5 Å². The summed E-state index contributed by atoms with van der Waals surface area (Å²) in [6.45, 7) is 1.99. The normalized spacial score (nSPS) is 19.1. The number of rotatable bonds is 4. The van der Waals surface area contributed by atoms with E-state index in [-0.39, 0.29) is 0 Å². The van der Waals surface area contributed by atoms with Crippen LogP contribution in [0, 0.1) is 6.92 Å². The molecule has 8 heteroatoms. The average Bonchev–Trinajstić information content (AvgIpc) is 3.34. The zero-order valence-corrected chi connectivity index (χ0v) is 19.1. The lowest BCUT2D eigenvalue weighted by molar-refractivity contribution is 0.623. The molecule has 4 heterocycles. The van der Waals surface area contributed by atoms with Gasteiger partial charge in [-0.1, -0.05) is 12.1 Å². The maximum Gasteiger partial charge on any atom is 0.222 e. The number of thioether (sulfide) groups is 1. The lowest BCUT2D eigenvalue weighted by atomic mass is 10.0. The van der Waals surface area contributed by atoms with Gasteiger partial charge in [0.25, 0.3) is 0 Å². The highest BCUT2D eigenvalue weighted by atomic mass is 79.9. The zero-order chi connectivity index (χ0) is 20.8. The molecule has 0 aliphatic carbocycles. The van der Waals surface area contributed by atoms with Crippen LogP contribution in [0.4, 0.5) is 11.8 Å². The number of nitrogens with zero attached hydrogens (tertiary/aromatic N) is 4. The van der Waals surface area contributed by atoms with Gasteiger partial charge in [-0.3, -0.25) is 0 Å². The van der Waals surface area contributed by atoms with Crippen molar-refractivity contribution >= 4 is 61.4 Å². The number of aromatic nitrogens is 4. The fraction of sp³-hybridized carbons (Fsp3) is 0.318. The molecular weight excluding hydrogens is 460 g/mol. The fourth-order valence-corrected chi connectivity index (χ4v) is 6.11. The molecule has 5 rings (SSSR count). The number of pyridine rings is 1. The van der Waals surface area contributed by atoms with E-state index in [2.05, 4.69) is 65.9 Å². The van der Waals surface area contributed by atoms with Crippen LogP contribution in [0.3, 0.4) is 0 Å². The molecule has 1 aliphatic rings. The molecule has 0 saturated carbocycles. The van der Waals surface area contributed by atoms with Crippen LogP contribution >= 0.6 is 27.7 Å². The smallest absolute Gasteiger partial charge is 0.222 e. The first-order valence-corrected chi connectivity index (χ1v) is 11.8. The Hall–Kier alpha value is -2.32. The Bertz CT molecular complexity index is 1250. The lowest BCUT2D eigenvalue weighted by Gasteiger charge is -2.14. The van der Waals surface area contributed by atoms with Gasteiger partial charge in [-0.15, -0.1) is 11.8 Å². The Labute approximate surface area is 187 Å². The van der Waals surface area contributed by atoms with Gasteiger partial charge in [0.05, 0.1) is 21.1 Å². The quantitative estimate of drug-likeness (QED) is 0.412. The summed E-state index contributed by atoms with van der Waals surface area (Å²) >= 11 is 5.49. The fourth-order valence-electron chi connectivity index (χ4n) is 4.23. The van der Waals surface area contributed by atoms with Crippen molar-refractivity contribution in [2.45, 2.75) is 43.2 Å². The summed E-state index contributed by atoms with van der Waals surface area (Å²) in [5.41, 5.74) is 16.0. The van der Waals surface area contributed by atoms with E-state index in [1.165, 1.54) is 12.0 Å². The van der Waals surface area contributed by atoms with Gasteiger partial charge in [0.1, 0.15) is 11.5 Å². The van der Waals surface area contributed by atoms with E-state index in [4.69, 9.17) is 11.5 Å². The Morgan fingerprint density at radius 2 is 2.00 bits per heavy atom. The molecule has 3 aromatic heterocycles. The average molecular weight is 483 g/mol. The lowest BCUT2D eigenvalue weighted by Crippen LogP contribution is -2.05. The number of anilines is 2. The first kappa shape index (κ1) is 19.6. The standard InChI is InChI=1S/C22H23BrN6S/c1-12-16-8-9-29(21(16)28-22(25)26-12)19-7-6-15(30-19)5-3-13-2-4-14-11-17(23)20(24)27-18(14)10-13/h2,4,8-11,15,19H,3,5-7H2,1H3,(H2,24,27)(H2,25,26,28)/t15-,19-/m1/s1. The van der Waals surface area contributed by atoms with Crippen LogP contribution in [0.1, 0.15) is 35.9 Å². The van der Waals surface area contributed by atoms with Crippen LogP contribution in [0.25, 0.3) is 21.9 Å². The van der Waals surface area contributed by atoms with E-state index >= 15 is 0 Å². The Morgan fingerprint density at radius 1 is 1.13 bits per heavy atom.